The van der Waals surface area contributed by atoms with Crippen LogP contribution in [0.4, 0.5) is 5.82 Å². The number of aryl methyl sites for hydroxylation is 1. The third-order valence-electron chi connectivity index (χ3n) is 2.42. The maximum atomic E-state index is 11.8. The molecule has 1 heterocycles. The van der Waals surface area contributed by atoms with Crippen LogP contribution in [0.1, 0.15) is 16.9 Å². The maximum Gasteiger partial charge on any atom is 0.252 e. The molecule has 0 spiro atoms. The summed E-state index contributed by atoms with van der Waals surface area (Å²) in [4.78, 5) is 11.8. The largest absolute Gasteiger partial charge is 0.493 e. The maximum absolute atomic E-state index is 11.8. The summed E-state index contributed by atoms with van der Waals surface area (Å²) < 4.78 is 6.65. The van der Waals surface area contributed by atoms with Crippen LogP contribution in [-0.2, 0) is 0 Å². The fourth-order valence-corrected chi connectivity index (χ4v) is 1.60. The second-order valence-corrected chi connectivity index (χ2v) is 3.93. The molecule has 0 fully saturated rings. The molecule has 94 valence electrons. The first-order valence-corrected chi connectivity index (χ1v) is 5.70. The van der Waals surface area contributed by atoms with Gasteiger partial charge in [0.1, 0.15) is 11.6 Å². The molecule has 1 aromatic carbocycles. The molecular formula is C13H15N3O2. The van der Waals surface area contributed by atoms with Crippen LogP contribution in [0.15, 0.2) is 36.4 Å². The first-order valence-electron chi connectivity index (χ1n) is 5.70. The topological polar surface area (TPSA) is 70.1 Å². The second-order valence-electron chi connectivity index (χ2n) is 3.93. The Morgan fingerprint density at radius 1 is 1.39 bits per heavy atom. The normalized spacial score (nSPS) is 10.3. The summed E-state index contributed by atoms with van der Waals surface area (Å²) in [7, 11) is 0. The number of carbonyl (C=O) groups is 1. The van der Waals surface area contributed by atoms with Crippen LogP contribution >= 0.6 is 0 Å². The van der Waals surface area contributed by atoms with Crippen molar-refractivity contribution in [1.29, 1.82) is 0 Å². The Morgan fingerprint density at radius 3 is 2.72 bits per heavy atom. The first-order chi connectivity index (χ1) is 8.66. The van der Waals surface area contributed by atoms with Crippen LogP contribution in [0, 0.1) is 6.92 Å². The van der Waals surface area contributed by atoms with E-state index in [1.165, 1.54) is 4.68 Å². The van der Waals surface area contributed by atoms with Gasteiger partial charge in [-0.15, -0.1) is 0 Å². The van der Waals surface area contributed by atoms with E-state index in [0.29, 0.717) is 12.4 Å². The van der Waals surface area contributed by atoms with Crippen LogP contribution in [0.5, 0.6) is 5.75 Å². The smallest absolute Gasteiger partial charge is 0.252 e. The number of hydrogen-bond donors (Lipinski definition) is 1. The SMILES string of the molecule is Cc1cc(N)n(C(=O)CCOc2ccccc2)n1. The van der Waals surface area contributed by atoms with Gasteiger partial charge in [0.15, 0.2) is 0 Å². The molecule has 5 nitrogen and oxygen atoms in total. The van der Waals surface area contributed by atoms with E-state index >= 15 is 0 Å². The van der Waals surface area contributed by atoms with Crippen molar-refractivity contribution >= 4 is 11.7 Å². The molecular weight excluding hydrogens is 230 g/mol. The predicted molar refractivity (Wildman–Crippen MR) is 68.6 cm³/mol. The summed E-state index contributed by atoms with van der Waals surface area (Å²) in [5, 5.41) is 4.02. The van der Waals surface area contributed by atoms with Gasteiger partial charge in [-0.1, -0.05) is 18.2 Å². The number of rotatable bonds is 4. The molecule has 1 aromatic heterocycles. The number of benzene rings is 1. The molecule has 0 radical (unpaired) electrons. The van der Waals surface area contributed by atoms with E-state index in [4.69, 9.17) is 10.5 Å². The highest BCUT2D eigenvalue weighted by atomic mass is 16.5. The molecule has 0 saturated heterocycles. The van der Waals surface area contributed by atoms with Crippen LogP contribution in [-0.4, -0.2) is 22.3 Å². The van der Waals surface area contributed by atoms with E-state index in [1.807, 2.05) is 30.3 Å². The number of para-hydroxylation sites is 1. The monoisotopic (exact) mass is 245 g/mol. The molecule has 2 rings (SSSR count). The van der Waals surface area contributed by atoms with E-state index in [2.05, 4.69) is 5.10 Å². The van der Waals surface area contributed by atoms with Crippen molar-refractivity contribution < 1.29 is 9.53 Å². The van der Waals surface area contributed by atoms with Gasteiger partial charge in [-0.2, -0.15) is 9.78 Å². The lowest BCUT2D eigenvalue weighted by Gasteiger charge is -2.05. The van der Waals surface area contributed by atoms with E-state index in [9.17, 15) is 4.79 Å². The molecule has 18 heavy (non-hydrogen) atoms. The van der Waals surface area contributed by atoms with E-state index in [-0.39, 0.29) is 12.3 Å². The van der Waals surface area contributed by atoms with Crippen LogP contribution in [0.25, 0.3) is 0 Å². The number of hydrogen-bond acceptors (Lipinski definition) is 4. The molecule has 0 amide bonds. The fraction of sp³-hybridized carbons (Fsp3) is 0.231. The van der Waals surface area contributed by atoms with Crippen LogP contribution in [0.2, 0.25) is 0 Å². The third-order valence-corrected chi connectivity index (χ3v) is 2.42. The van der Waals surface area contributed by atoms with E-state index in [0.717, 1.165) is 11.4 Å². The quantitative estimate of drug-likeness (QED) is 0.892. The lowest BCUT2D eigenvalue weighted by molar-refractivity contribution is 0.0868. The number of nitrogens with two attached hydrogens (primary N) is 1. The molecule has 0 aliphatic heterocycles. The Bertz CT molecular complexity index is 534. The van der Waals surface area contributed by atoms with Crippen molar-refractivity contribution in [3.8, 4) is 5.75 Å². The summed E-state index contributed by atoms with van der Waals surface area (Å²) in [6, 6.07) is 11.0. The van der Waals surface area contributed by atoms with Crippen molar-refractivity contribution in [2.24, 2.45) is 0 Å². The van der Waals surface area contributed by atoms with Crippen LogP contribution < -0.4 is 10.5 Å². The van der Waals surface area contributed by atoms with E-state index < -0.39 is 0 Å². The minimum Gasteiger partial charge on any atom is -0.493 e. The number of nitrogen functional groups attached to an aromatic ring is 1. The van der Waals surface area contributed by atoms with Crippen molar-refractivity contribution in [2.75, 3.05) is 12.3 Å². The minimum atomic E-state index is -0.170. The highest BCUT2D eigenvalue weighted by Gasteiger charge is 2.10. The molecule has 0 aliphatic carbocycles. The zero-order valence-electron chi connectivity index (χ0n) is 10.2. The highest BCUT2D eigenvalue weighted by molar-refractivity contribution is 5.81. The first kappa shape index (κ1) is 12.2. The molecule has 0 aliphatic rings. The Hall–Kier alpha value is -2.30. The van der Waals surface area contributed by atoms with Crippen molar-refractivity contribution in [3.63, 3.8) is 0 Å². The van der Waals surface area contributed by atoms with Crippen molar-refractivity contribution in [1.82, 2.24) is 9.78 Å². The lowest BCUT2D eigenvalue weighted by atomic mass is 10.3. The van der Waals surface area contributed by atoms with Crippen LogP contribution in [0.3, 0.4) is 0 Å². The third kappa shape index (κ3) is 2.88. The Labute approximate surface area is 105 Å². The summed E-state index contributed by atoms with van der Waals surface area (Å²) >= 11 is 0. The number of aromatic nitrogens is 2. The number of carbonyl (C=O) groups excluding carboxylic acids is 1. The molecule has 2 aromatic rings. The van der Waals surface area contributed by atoms with Gasteiger partial charge in [-0.3, -0.25) is 4.79 Å². The summed E-state index contributed by atoms with van der Waals surface area (Å²) in [5.74, 6) is 0.934. The number of anilines is 1. The summed E-state index contributed by atoms with van der Waals surface area (Å²) in [5.41, 5.74) is 6.39. The van der Waals surface area contributed by atoms with Gasteiger partial charge in [-0.25, -0.2) is 0 Å². The molecule has 0 saturated carbocycles. The van der Waals surface area contributed by atoms with Gasteiger partial charge in [-0.05, 0) is 19.1 Å². The average Bonchev–Trinajstić information content (AvgIpc) is 2.70. The molecule has 2 N–H and O–H groups in total. The minimum absolute atomic E-state index is 0.170. The molecule has 5 heteroatoms. The van der Waals surface area contributed by atoms with Crippen molar-refractivity contribution in [2.45, 2.75) is 13.3 Å². The Balaban J connectivity index is 1.87. The zero-order valence-corrected chi connectivity index (χ0v) is 10.2. The zero-order chi connectivity index (χ0) is 13.0. The molecule has 0 unspecified atom stereocenters. The number of ether oxygens (including phenoxy) is 1. The van der Waals surface area contributed by atoms with Gasteiger partial charge in [0.2, 0.25) is 0 Å². The summed E-state index contributed by atoms with van der Waals surface area (Å²) in [6.07, 6.45) is 0.236. The Kier molecular flexibility index (Phi) is 3.62. The molecule has 0 atom stereocenters. The van der Waals surface area contributed by atoms with Gasteiger partial charge in [0.25, 0.3) is 5.91 Å². The molecule has 0 bridgehead atoms. The van der Waals surface area contributed by atoms with Gasteiger partial charge in [0.05, 0.1) is 18.7 Å². The standard InChI is InChI=1S/C13H15N3O2/c1-10-9-12(14)16(15-10)13(17)7-8-18-11-5-3-2-4-6-11/h2-6,9H,7-8,14H2,1H3. The number of nitrogens with zero attached hydrogens (tertiary/aromatic N) is 2. The fourth-order valence-electron chi connectivity index (χ4n) is 1.60. The second kappa shape index (κ2) is 5.35. The van der Waals surface area contributed by atoms with E-state index in [1.54, 1.807) is 13.0 Å². The van der Waals surface area contributed by atoms with Crippen molar-refractivity contribution in [3.05, 3.63) is 42.1 Å². The van der Waals surface area contributed by atoms with Gasteiger partial charge >= 0.3 is 0 Å². The Morgan fingerprint density at radius 2 is 2.11 bits per heavy atom. The van der Waals surface area contributed by atoms with Gasteiger partial charge < -0.3 is 10.5 Å². The highest BCUT2D eigenvalue weighted by Crippen LogP contribution is 2.10. The lowest BCUT2D eigenvalue weighted by Crippen LogP contribution is -2.17. The van der Waals surface area contributed by atoms with Gasteiger partial charge in [0, 0.05) is 6.07 Å². The predicted octanol–water partition coefficient (Wildman–Crippen LogP) is 1.88. The summed E-state index contributed by atoms with van der Waals surface area (Å²) in [6.45, 7) is 2.10. The average molecular weight is 245 g/mol.